The maximum absolute atomic E-state index is 12.7. The summed E-state index contributed by atoms with van der Waals surface area (Å²) < 4.78 is 29.2. The molecule has 4 nitrogen and oxygen atoms in total. The second-order valence-electron chi connectivity index (χ2n) is 5.49. The predicted molar refractivity (Wildman–Crippen MR) is 92.6 cm³/mol. The number of anilines is 1. The fourth-order valence-electron chi connectivity index (χ4n) is 2.95. The van der Waals surface area contributed by atoms with Crippen molar-refractivity contribution in [3.63, 3.8) is 0 Å². The van der Waals surface area contributed by atoms with Crippen molar-refractivity contribution >= 4 is 47.6 Å². The zero-order valence-corrected chi connectivity index (χ0v) is 15.9. The smallest absolute Gasteiger partial charge is 0.243 e. The van der Waals surface area contributed by atoms with Gasteiger partial charge in [0.25, 0.3) is 0 Å². The lowest BCUT2D eigenvalue weighted by molar-refractivity contribution is 0.282. The van der Waals surface area contributed by atoms with Gasteiger partial charge in [-0.05, 0) is 62.8 Å². The van der Waals surface area contributed by atoms with E-state index < -0.39 is 10.0 Å². The van der Waals surface area contributed by atoms with E-state index >= 15 is 0 Å². The van der Waals surface area contributed by atoms with Crippen LogP contribution in [0.15, 0.2) is 26.0 Å². The third kappa shape index (κ3) is 4.00. The third-order valence-electron chi connectivity index (χ3n) is 4.03. The van der Waals surface area contributed by atoms with E-state index in [1.165, 1.54) is 6.42 Å². The van der Waals surface area contributed by atoms with Crippen molar-refractivity contribution in [3.8, 4) is 0 Å². The fraction of sp³-hybridized carbons (Fsp3) is 0.571. The molecule has 1 aromatic carbocycles. The first-order valence-corrected chi connectivity index (χ1v) is 10.2. The van der Waals surface area contributed by atoms with Gasteiger partial charge >= 0.3 is 0 Å². The van der Waals surface area contributed by atoms with Crippen LogP contribution in [0.3, 0.4) is 0 Å². The molecular formula is C14H20Br2N2O2S. The molecule has 118 valence electrons. The average Bonchev–Trinajstić information content (AvgIpc) is 2.37. The quantitative estimate of drug-likeness (QED) is 0.695. The highest BCUT2D eigenvalue weighted by molar-refractivity contribution is 9.11. The van der Waals surface area contributed by atoms with Crippen LogP contribution in [0.5, 0.6) is 0 Å². The van der Waals surface area contributed by atoms with Gasteiger partial charge in [0.2, 0.25) is 10.0 Å². The molecule has 0 heterocycles. The van der Waals surface area contributed by atoms with Crippen LogP contribution in [0, 0.1) is 5.92 Å². The number of rotatable bonds is 4. The molecule has 1 aliphatic carbocycles. The summed E-state index contributed by atoms with van der Waals surface area (Å²) in [6.45, 7) is 2.12. The minimum Gasteiger partial charge on any atom is -0.399 e. The topological polar surface area (TPSA) is 72.2 Å². The summed E-state index contributed by atoms with van der Waals surface area (Å²) in [7, 11) is -3.58. The van der Waals surface area contributed by atoms with Gasteiger partial charge in [-0.25, -0.2) is 13.1 Å². The Hall–Kier alpha value is -0.110. The van der Waals surface area contributed by atoms with Crippen molar-refractivity contribution in [2.45, 2.75) is 50.0 Å². The van der Waals surface area contributed by atoms with Gasteiger partial charge in [0, 0.05) is 20.7 Å². The Bertz CT molecular complexity index is 596. The van der Waals surface area contributed by atoms with Gasteiger partial charge in [0.05, 0.1) is 0 Å². The largest absolute Gasteiger partial charge is 0.399 e. The van der Waals surface area contributed by atoms with E-state index in [-0.39, 0.29) is 10.9 Å². The zero-order valence-electron chi connectivity index (χ0n) is 11.9. The Morgan fingerprint density at radius 1 is 1.24 bits per heavy atom. The molecular weight excluding hydrogens is 420 g/mol. The summed E-state index contributed by atoms with van der Waals surface area (Å²) in [5, 5.41) is 0. The highest BCUT2D eigenvalue weighted by Gasteiger charge is 2.30. The predicted octanol–water partition coefficient (Wildman–Crippen LogP) is 4.04. The van der Waals surface area contributed by atoms with Gasteiger partial charge in [-0.2, -0.15) is 0 Å². The monoisotopic (exact) mass is 438 g/mol. The maximum atomic E-state index is 12.7. The number of hydrogen-bond acceptors (Lipinski definition) is 3. The van der Waals surface area contributed by atoms with E-state index in [1.807, 2.05) is 0 Å². The molecule has 21 heavy (non-hydrogen) atoms. The highest BCUT2D eigenvalue weighted by Crippen LogP contribution is 2.34. The van der Waals surface area contributed by atoms with Crippen LogP contribution in [0.2, 0.25) is 0 Å². The van der Waals surface area contributed by atoms with Crippen LogP contribution >= 0.6 is 31.9 Å². The van der Waals surface area contributed by atoms with Crippen LogP contribution in [0.1, 0.15) is 39.0 Å². The van der Waals surface area contributed by atoms with Crippen molar-refractivity contribution in [2.24, 2.45) is 5.92 Å². The van der Waals surface area contributed by atoms with Crippen molar-refractivity contribution in [1.82, 2.24) is 4.72 Å². The second kappa shape index (κ2) is 6.98. The molecule has 2 atom stereocenters. The van der Waals surface area contributed by atoms with E-state index in [1.54, 1.807) is 12.1 Å². The number of nitrogens with one attached hydrogen (secondary N) is 1. The number of hydrogen-bond donors (Lipinski definition) is 2. The molecule has 0 aromatic heterocycles. The molecule has 2 unspecified atom stereocenters. The normalized spacial score (nSPS) is 23.2. The molecule has 3 N–H and O–H groups in total. The number of halogens is 2. The molecule has 2 rings (SSSR count). The maximum Gasteiger partial charge on any atom is 0.243 e. The minimum atomic E-state index is -3.58. The van der Waals surface area contributed by atoms with Crippen molar-refractivity contribution < 1.29 is 8.42 Å². The summed E-state index contributed by atoms with van der Waals surface area (Å²) >= 11 is 6.60. The molecule has 7 heteroatoms. The van der Waals surface area contributed by atoms with Gasteiger partial charge < -0.3 is 5.73 Å². The van der Waals surface area contributed by atoms with Gasteiger partial charge in [0.1, 0.15) is 4.90 Å². The van der Waals surface area contributed by atoms with Crippen LogP contribution in [0.25, 0.3) is 0 Å². The van der Waals surface area contributed by atoms with E-state index in [4.69, 9.17) is 5.73 Å². The lowest BCUT2D eigenvalue weighted by Crippen LogP contribution is -2.42. The van der Waals surface area contributed by atoms with Crippen LogP contribution in [-0.2, 0) is 10.0 Å². The molecule has 0 spiro atoms. The second-order valence-corrected chi connectivity index (χ2v) is 8.85. The molecule has 0 radical (unpaired) electrons. The molecule has 0 amide bonds. The highest BCUT2D eigenvalue weighted by atomic mass is 79.9. The van der Waals surface area contributed by atoms with Crippen molar-refractivity contribution in [2.75, 3.05) is 5.73 Å². The van der Waals surface area contributed by atoms with E-state index in [0.717, 1.165) is 25.7 Å². The van der Waals surface area contributed by atoms with E-state index in [9.17, 15) is 8.42 Å². The van der Waals surface area contributed by atoms with Crippen molar-refractivity contribution in [3.05, 3.63) is 21.1 Å². The molecule has 1 aliphatic rings. The Morgan fingerprint density at radius 3 is 2.38 bits per heavy atom. The molecule has 1 saturated carbocycles. The Morgan fingerprint density at radius 2 is 1.81 bits per heavy atom. The lowest BCUT2D eigenvalue weighted by Gasteiger charge is -2.31. The first-order valence-electron chi connectivity index (χ1n) is 7.12. The SMILES string of the molecule is CCC1CCCCC1NS(=O)(=O)c1c(Br)cc(N)cc1Br. The molecule has 0 aliphatic heterocycles. The number of nitrogen functional groups attached to an aromatic ring is 1. The molecule has 0 bridgehead atoms. The Kier molecular flexibility index (Phi) is 5.73. The molecule has 0 saturated heterocycles. The molecule has 1 aromatic rings. The summed E-state index contributed by atoms with van der Waals surface area (Å²) in [5.74, 6) is 0.417. The zero-order chi connectivity index (χ0) is 15.6. The Labute approximate surface area is 143 Å². The standard InChI is InChI=1S/C14H20Br2N2O2S/c1-2-9-5-3-4-6-13(9)18-21(19,20)14-11(15)7-10(17)8-12(14)16/h7-9,13,18H,2-6,17H2,1H3. The van der Waals surface area contributed by atoms with E-state index in [2.05, 4.69) is 43.5 Å². The number of sulfonamides is 1. The van der Waals surface area contributed by atoms with Crippen LogP contribution in [0.4, 0.5) is 5.69 Å². The third-order valence-corrected chi connectivity index (χ3v) is 7.40. The van der Waals surface area contributed by atoms with Gasteiger partial charge in [-0.1, -0.05) is 26.2 Å². The lowest BCUT2D eigenvalue weighted by atomic mass is 9.83. The summed E-state index contributed by atoms with van der Waals surface area (Å²) in [6.07, 6.45) is 5.26. The minimum absolute atomic E-state index is 0.0186. The fourth-order valence-corrected chi connectivity index (χ4v) is 6.90. The van der Waals surface area contributed by atoms with Crippen LogP contribution < -0.4 is 10.5 Å². The number of benzene rings is 1. The first-order chi connectivity index (χ1) is 9.85. The average molecular weight is 440 g/mol. The summed E-state index contributed by atoms with van der Waals surface area (Å²) in [6, 6.07) is 3.24. The van der Waals surface area contributed by atoms with Crippen molar-refractivity contribution in [1.29, 1.82) is 0 Å². The van der Waals surface area contributed by atoms with E-state index in [0.29, 0.717) is 20.6 Å². The molecule has 1 fully saturated rings. The Balaban J connectivity index is 2.30. The van der Waals surface area contributed by atoms with Gasteiger partial charge in [0.15, 0.2) is 0 Å². The van der Waals surface area contributed by atoms with Gasteiger partial charge in [-0.15, -0.1) is 0 Å². The summed E-state index contributed by atoms with van der Waals surface area (Å²) in [4.78, 5) is 0.220. The van der Waals surface area contributed by atoms with Crippen LogP contribution in [-0.4, -0.2) is 14.5 Å². The first kappa shape index (κ1) is 17.2. The van der Waals surface area contributed by atoms with Gasteiger partial charge in [-0.3, -0.25) is 0 Å². The number of nitrogens with two attached hydrogens (primary N) is 1. The summed E-state index contributed by atoms with van der Waals surface area (Å²) in [5.41, 5.74) is 6.24.